The molecule has 1 heterocycles. The number of alkyl halides is 3. The van der Waals surface area contributed by atoms with Crippen LogP contribution in [0.1, 0.15) is 29.7 Å². The first kappa shape index (κ1) is 24.5. The van der Waals surface area contributed by atoms with Gasteiger partial charge in [0.25, 0.3) is 5.91 Å². The van der Waals surface area contributed by atoms with Crippen LogP contribution in [0.15, 0.2) is 47.4 Å². The lowest BCUT2D eigenvalue weighted by atomic mass is 9.95. The number of anilines is 1. The summed E-state index contributed by atoms with van der Waals surface area (Å²) in [7, 11) is -2.12. The number of urea groups is 1. The molecule has 1 aliphatic heterocycles. The van der Waals surface area contributed by atoms with E-state index >= 15 is 0 Å². The van der Waals surface area contributed by atoms with Crippen molar-refractivity contribution in [1.29, 1.82) is 0 Å². The molecule has 0 fully saturated rings. The van der Waals surface area contributed by atoms with Crippen molar-refractivity contribution in [2.24, 2.45) is 0 Å². The SMILES string of the molecule is CNC(=O)N1Cc2cc(S(C)(=O)=O)ccc2C1C(=O)Nc1ccc(C(C)(O)C(F)(F)F)cc1. The predicted molar refractivity (Wildman–Crippen MR) is 113 cm³/mol. The maximum atomic E-state index is 13.1. The highest BCUT2D eigenvalue weighted by molar-refractivity contribution is 7.90. The van der Waals surface area contributed by atoms with Crippen molar-refractivity contribution in [1.82, 2.24) is 10.2 Å². The fourth-order valence-electron chi connectivity index (χ4n) is 3.53. The molecule has 178 valence electrons. The lowest BCUT2D eigenvalue weighted by molar-refractivity contribution is -0.258. The molecule has 3 rings (SSSR count). The highest BCUT2D eigenvalue weighted by atomic mass is 32.2. The van der Waals surface area contributed by atoms with E-state index in [1.54, 1.807) is 0 Å². The zero-order chi connectivity index (χ0) is 24.8. The molecule has 2 aromatic rings. The molecule has 2 aromatic carbocycles. The van der Waals surface area contributed by atoms with Crippen LogP contribution in [0.4, 0.5) is 23.7 Å². The Kier molecular flexibility index (Phi) is 6.20. The van der Waals surface area contributed by atoms with Crippen LogP contribution in [-0.4, -0.2) is 49.8 Å². The van der Waals surface area contributed by atoms with E-state index in [1.807, 2.05) is 0 Å². The molecule has 2 atom stereocenters. The topological polar surface area (TPSA) is 116 Å². The summed E-state index contributed by atoms with van der Waals surface area (Å²) >= 11 is 0. The summed E-state index contributed by atoms with van der Waals surface area (Å²) < 4.78 is 62.8. The number of benzene rings is 2. The number of hydrogen-bond acceptors (Lipinski definition) is 5. The van der Waals surface area contributed by atoms with E-state index in [0.29, 0.717) is 18.1 Å². The predicted octanol–water partition coefficient (Wildman–Crippen LogP) is 2.69. The average molecular weight is 485 g/mol. The van der Waals surface area contributed by atoms with Gasteiger partial charge >= 0.3 is 12.2 Å². The molecule has 3 amide bonds. The maximum absolute atomic E-state index is 13.1. The van der Waals surface area contributed by atoms with Gasteiger partial charge in [-0.25, -0.2) is 13.2 Å². The van der Waals surface area contributed by atoms with E-state index in [9.17, 15) is 36.3 Å². The molecule has 0 aromatic heterocycles. The van der Waals surface area contributed by atoms with E-state index in [2.05, 4.69) is 10.6 Å². The lowest BCUT2D eigenvalue weighted by Crippen LogP contribution is -2.41. The van der Waals surface area contributed by atoms with Crippen molar-refractivity contribution >= 4 is 27.5 Å². The third kappa shape index (κ3) is 4.67. The van der Waals surface area contributed by atoms with Crippen LogP contribution in [0.2, 0.25) is 0 Å². The van der Waals surface area contributed by atoms with Crippen LogP contribution < -0.4 is 10.6 Å². The fraction of sp³-hybridized carbons (Fsp3) is 0.333. The van der Waals surface area contributed by atoms with Crippen LogP contribution in [0.25, 0.3) is 0 Å². The largest absolute Gasteiger partial charge is 0.421 e. The second kappa shape index (κ2) is 8.34. The van der Waals surface area contributed by atoms with Gasteiger partial charge in [-0.1, -0.05) is 18.2 Å². The van der Waals surface area contributed by atoms with Gasteiger partial charge in [0.2, 0.25) is 0 Å². The van der Waals surface area contributed by atoms with Crippen molar-refractivity contribution < 1.29 is 36.3 Å². The van der Waals surface area contributed by atoms with Crippen LogP contribution in [0, 0.1) is 0 Å². The molecule has 33 heavy (non-hydrogen) atoms. The van der Waals surface area contributed by atoms with Gasteiger partial charge in [-0.2, -0.15) is 13.2 Å². The van der Waals surface area contributed by atoms with Gasteiger partial charge in [-0.05, 0) is 47.9 Å². The van der Waals surface area contributed by atoms with Crippen LogP contribution in [0.3, 0.4) is 0 Å². The Morgan fingerprint density at radius 1 is 1.12 bits per heavy atom. The smallest absolute Gasteiger partial charge is 0.376 e. The van der Waals surface area contributed by atoms with Crippen LogP contribution in [-0.2, 0) is 26.8 Å². The number of nitrogens with one attached hydrogen (secondary N) is 2. The molecule has 8 nitrogen and oxygen atoms in total. The molecule has 0 bridgehead atoms. The highest BCUT2D eigenvalue weighted by Gasteiger charge is 2.51. The Balaban J connectivity index is 1.90. The molecule has 0 aliphatic carbocycles. The molecule has 0 spiro atoms. The Hall–Kier alpha value is -3.12. The van der Waals surface area contributed by atoms with Crippen LogP contribution in [0.5, 0.6) is 0 Å². The van der Waals surface area contributed by atoms with Crippen molar-refractivity contribution in [3.8, 4) is 0 Å². The highest BCUT2D eigenvalue weighted by Crippen LogP contribution is 2.39. The monoisotopic (exact) mass is 485 g/mol. The van der Waals surface area contributed by atoms with Gasteiger partial charge < -0.3 is 20.6 Å². The number of rotatable bonds is 4. The van der Waals surface area contributed by atoms with Gasteiger partial charge in [-0.15, -0.1) is 0 Å². The summed E-state index contributed by atoms with van der Waals surface area (Å²) in [4.78, 5) is 26.7. The summed E-state index contributed by atoms with van der Waals surface area (Å²) in [6.45, 7) is 0.617. The van der Waals surface area contributed by atoms with Crippen molar-refractivity contribution in [2.75, 3.05) is 18.6 Å². The zero-order valence-electron chi connectivity index (χ0n) is 17.9. The van der Waals surface area contributed by atoms with Gasteiger partial charge in [0, 0.05) is 25.5 Å². The molecule has 0 saturated heterocycles. The lowest BCUT2D eigenvalue weighted by Gasteiger charge is -2.27. The van der Waals surface area contributed by atoms with Crippen molar-refractivity contribution in [3.63, 3.8) is 0 Å². The maximum Gasteiger partial charge on any atom is 0.421 e. The molecule has 12 heteroatoms. The van der Waals surface area contributed by atoms with E-state index in [-0.39, 0.29) is 17.1 Å². The molecular formula is C21H22F3N3O5S. The average Bonchev–Trinajstić information content (AvgIpc) is 3.11. The number of amides is 3. The second-order valence-corrected chi connectivity index (χ2v) is 9.87. The summed E-state index contributed by atoms with van der Waals surface area (Å²) in [6.07, 6.45) is -3.84. The molecule has 0 saturated carbocycles. The number of halogens is 3. The van der Waals surface area contributed by atoms with Crippen molar-refractivity contribution in [2.45, 2.75) is 36.2 Å². The summed E-state index contributed by atoms with van der Waals surface area (Å²) in [5.41, 5.74) is -2.40. The molecule has 0 radical (unpaired) electrons. The van der Waals surface area contributed by atoms with Crippen LogP contribution >= 0.6 is 0 Å². The third-order valence-corrected chi connectivity index (χ3v) is 6.59. The first-order chi connectivity index (χ1) is 15.2. The second-order valence-electron chi connectivity index (χ2n) is 7.85. The number of hydrogen-bond donors (Lipinski definition) is 3. The molecular weight excluding hydrogens is 463 g/mol. The van der Waals surface area contributed by atoms with E-state index in [1.165, 1.54) is 42.3 Å². The zero-order valence-corrected chi connectivity index (χ0v) is 18.7. The third-order valence-electron chi connectivity index (χ3n) is 5.48. The quantitative estimate of drug-likeness (QED) is 0.616. The minimum atomic E-state index is -4.88. The number of fused-ring (bicyclic) bond motifs is 1. The molecule has 1 aliphatic rings. The Labute approximate surface area is 188 Å². The molecule has 3 N–H and O–H groups in total. The van der Waals surface area contributed by atoms with Gasteiger partial charge in [0.15, 0.2) is 15.4 Å². The number of aliphatic hydroxyl groups is 1. The minimum absolute atomic E-state index is 0.0101. The standard InChI is InChI=1S/C21H22F3N3O5S/c1-20(30,21(22,23)24)13-4-6-14(7-5-13)26-18(28)17-16-9-8-15(33(3,31)32)10-12(16)11-27(17)19(29)25-2/h4-10,17,30H,11H2,1-3H3,(H,25,29)(H,26,28). The minimum Gasteiger partial charge on any atom is -0.376 e. The van der Waals surface area contributed by atoms with Gasteiger partial charge in [0.1, 0.15) is 6.04 Å². The first-order valence-electron chi connectivity index (χ1n) is 9.68. The Morgan fingerprint density at radius 2 is 1.73 bits per heavy atom. The van der Waals surface area contributed by atoms with Crippen molar-refractivity contribution in [3.05, 3.63) is 59.2 Å². The van der Waals surface area contributed by atoms with Gasteiger partial charge in [0.05, 0.1) is 4.90 Å². The summed E-state index contributed by atoms with van der Waals surface area (Å²) in [5.74, 6) is -0.639. The summed E-state index contributed by atoms with van der Waals surface area (Å²) in [5, 5.41) is 14.8. The Morgan fingerprint density at radius 3 is 2.24 bits per heavy atom. The van der Waals surface area contributed by atoms with E-state index in [4.69, 9.17) is 0 Å². The normalized spacial score (nSPS) is 17.8. The van der Waals surface area contributed by atoms with Gasteiger partial charge in [-0.3, -0.25) is 4.79 Å². The number of carbonyl (C=O) groups excluding carboxylic acids is 2. The van der Waals surface area contributed by atoms with E-state index < -0.39 is 45.2 Å². The molecule has 2 unspecified atom stereocenters. The first-order valence-corrected chi connectivity index (χ1v) is 11.6. The number of sulfone groups is 1. The number of carbonyl (C=O) groups is 2. The Bertz CT molecular complexity index is 1190. The van der Waals surface area contributed by atoms with E-state index in [0.717, 1.165) is 18.4 Å². The summed E-state index contributed by atoms with van der Waals surface area (Å²) in [6, 6.07) is 7.05. The fourth-order valence-corrected chi connectivity index (χ4v) is 4.20. The number of nitrogens with zero attached hydrogens (tertiary/aromatic N) is 1.